The van der Waals surface area contributed by atoms with E-state index < -0.39 is 15.6 Å². The van der Waals surface area contributed by atoms with Gasteiger partial charge in [0.2, 0.25) is 15.9 Å². The molecule has 1 fully saturated rings. The Labute approximate surface area is 163 Å². The van der Waals surface area contributed by atoms with Gasteiger partial charge in [0, 0.05) is 17.6 Å². The van der Waals surface area contributed by atoms with Crippen LogP contribution in [0.15, 0.2) is 23.1 Å². The molecule has 1 atom stereocenters. The highest BCUT2D eigenvalue weighted by molar-refractivity contribution is 7.89. The van der Waals surface area contributed by atoms with Crippen LogP contribution in [0.1, 0.15) is 52.5 Å². The number of hydrogen-bond acceptors (Lipinski definition) is 4. The van der Waals surface area contributed by atoms with Crippen LogP contribution in [-0.2, 0) is 14.8 Å². The number of hydrogen-bond donors (Lipinski definition) is 3. The van der Waals surface area contributed by atoms with Crippen LogP contribution >= 0.6 is 0 Å². The molecular formula is C20H33N3O3S. The lowest BCUT2D eigenvalue weighted by Gasteiger charge is -2.28. The highest BCUT2D eigenvalue weighted by atomic mass is 32.2. The smallest absolute Gasteiger partial charge is 0.241 e. The molecule has 0 spiro atoms. The third-order valence-corrected chi connectivity index (χ3v) is 6.89. The van der Waals surface area contributed by atoms with E-state index in [0.29, 0.717) is 29.5 Å². The summed E-state index contributed by atoms with van der Waals surface area (Å²) in [6.45, 7) is 11.3. The third kappa shape index (κ3) is 6.30. The summed E-state index contributed by atoms with van der Waals surface area (Å²) in [5.41, 5.74) is 0.529. The molecule has 1 aliphatic rings. The largest absolute Gasteiger partial charge is 0.326 e. The van der Waals surface area contributed by atoms with Gasteiger partial charge in [0.25, 0.3) is 0 Å². The van der Waals surface area contributed by atoms with E-state index in [-0.39, 0.29) is 10.8 Å². The quantitative estimate of drug-likeness (QED) is 0.691. The Morgan fingerprint density at radius 1 is 1.26 bits per heavy atom. The minimum Gasteiger partial charge on any atom is -0.326 e. The molecule has 152 valence electrons. The van der Waals surface area contributed by atoms with Crippen molar-refractivity contribution in [1.82, 2.24) is 10.0 Å². The van der Waals surface area contributed by atoms with Crippen LogP contribution < -0.4 is 15.4 Å². The second-order valence-corrected chi connectivity index (χ2v) is 10.3. The maximum Gasteiger partial charge on any atom is 0.241 e. The van der Waals surface area contributed by atoms with E-state index in [0.717, 1.165) is 25.9 Å². The Morgan fingerprint density at radius 3 is 2.48 bits per heavy atom. The van der Waals surface area contributed by atoms with E-state index in [1.807, 2.05) is 0 Å². The van der Waals surface area contributed by atoms with Crippen molar-refractivity contribution in [2.75, 3.05) is 18.4 Å². The highest BCUT2D eigenvalue weighted by Crippen LogP contribution is 2.27. The molecule has 0 aliphatic carbocycles. The molecule has 0 bridgehead atoms. The molecule has 0 radical (unpaired) electrons. The zero-order valence-corrected chi connectivity index (χ0v) is 17.9. The first kappa shape index (κ1) is 21.9. The monoisotopic (exact) mass is 395 g/mol. The van der Waals surface area contributed by atoms with Crippen LogP contribution in [0.5, 0.6) is 0 Å². The molecule has 0 aromatic heterocycles. The van der Waals surface area contributed by atoms with Gasteiger partial charge in [-0.2, -0.15) is 0 Å². The minimum atomic E-state index is -3.66. The number of rotatable bonds is 6. The van der Waals surface area contributed by atoms with Gasteiger partial charge in [0.15, 0.2) is 0 Å². The minimum absolute atomic E-state index is 0.0672. The Morgan fingerprint density at radius 2 is 1.89 bits per heavy atom. The van der Waals surface area contributed by atoms with Gasteiger partial charge < -0.3 is 10.6 Å². The molecule has 6 nitrogen and oxygen atoms in total. The van der Waals surface area contributed by atoms with Gasteiger partial charge in [-0.3, -0.25) is 4.79 Å². The van der Waals surface area contributed by atoms with Gasteiger partial charge in [0.1, 0.15) is 0 Å². The molecule has 7 heteroatoms. The average molecular weight is 396 g/mol. The molecule has 1 aliphatic heterocycles. The van der Waals surface area contributed by atoms with Crippen LogP contribution in [0, 0.1) is 18.8 Å². The number of anilines is 1. The van der Waals surface area contributed by atoms with E-state index in [4.69, 9.17) is 0 Å². The van der Waals surface area contributed by atoms with E-state index in [1.54, 1.807) is 45.9 Å². The fourth-order valence-electron chi connectivity index (χ4n) is 3.57. The topological polar surface area (TPSA) is 87.3 Å². The van der Waals surface area contributed by atoms with Crippen molar-refractivity contribution in [2.24, 2.45) is 11.8 Å². The van der Waals surface area contributed by atoms with Crippen molar-refractivity contribution >= 4 is 21.6 Å². The molecule has 1 unspecified atom stereocenters. The third-order valence-electron chi connectivity index (χ3n) is 4.98. The van der Waals surface area contributed by atoms with Crippen LogP contribution in [0.4, 0.5) is 5.69 Å². The number of carbonyl (C=O) groups excluding carboxylic acids is 1. The normalized spacial score (nSPS) is 17.5. The highest BCUT2D eigenvalue weighted by Gasteiger charge is 2.25. The number of nitrogens with one attached hydrogen (secondary N) is 3. The van der Waals surface area contributed by atoms with Crippen LogP contribution in [0.2, 0.25) is 0 Å². The molecule has 1 saturated heterocycles. The Balaban J connectivity index is 2.09. The van der Waals surface area contributed by atoms with E-state index in [1.165, 1.54) is 0 Å². The van der Waals surface area contributed by atoms with E-state index in [2.05, 4.69) is 22.3 Å². The Bertz CT molecular complexity index is 763. The Hall–Kier alpha value is -1.44. The summed E-state index contributed by atoms with van der Waals surface area (Å²) in [7, 11) is -3.66. The molecule has 3 N–H and O–H groups in total. The summed E-state index contributed by atoms with van der Waals surface area (Å²) in [6.07, 6.45) is 2.64. The summed E-state index contributed by atoms with van der Waals surface area (Å²) in [6, 6.07) is 4.98. The fraction of sp³-hybridized carbons (Fsp3) is 0.650. The van der Waals surface area contributed by atoms with Crippen molar-refractivity contribution in [3.63, 3.8) is 0 Å². The molecule has 1 aromatic carbocycles. The summed E-state index contributed by atoms with van der Waals surface area (Å²) in [4.78, 5) is 12.7. The van der Waals surface area contributed by atoms with Gasteiger partial charge in [-0.05, 0) is 83.2 Å². The summed E-state index contributed by atoms with van der Waals surface area (Å²) in [5, 5.41) is 6.25. The van der Waals surface area contributed by atoms with Crippen molar-refractivity contribution in [3.8, 4) is 0 Å². The molecule has 0 saturated carbocycles. The second kappa shape index (κ2) is 8.71. The fourth-order valence-corrected chi connectivity index (χ4v) is 5.26. The number of piperidine rings is 1. The summed E-state index contributed by atoms with van der Waals surface area (Å²) in [5.74, 6) is 0.796. The molecule has 2 rings (SSSR count). The average Bonchev–Trinajstić information content (AvgIpc) is 2.55. The molecule has 1 aromatic rings. The SMILES string of the molecule is Cc1c(NC(=O)CC(C)C2CCNCC2)cccc1S(=O)(=O)NC(C)(C)C. The van der Waals surface area contributed by atoms with Crippen LogP contribution in [0.3, 0.4) is 0 Å². The number of sulfonamides is 1. The van der Waals surface area contributed by atoms with Gasteiger partial charge in [-0.25, -0.2) is 13.1 Å². The van der Waals surface area contributed by atoms with Crippen LogP contribution in [-0.4, -0.2) is 33.0 Å². The first-order chi connectivity index (χ1) is 12.5. The molecule has 1 heterocycles. The van der Waals surface area contributed by atoms with E-state index in [9.17, 15) is 13.2 Å². The van der Waals surface area contributed by atoms with Crippen molar-refractivity contribution < 1.29 is 13.2 Å². The lowest BCUT2D eigenvalue weighted by atomic mass is 9.84. The first-order valence-corrected chi connectivity index (χ1v) is 11.1. The number of benzene rings is 1. The predicted molar refractivity (Wildman–Crippen MR) is 109 cm³/mol. The Kier molecular flexibility index (Phi) is 7.05. The maximum absolute atomic E-state index is 12.7. The van der Waals surface area contributed by atoms with E-state index >= 15 is 0 Å². The maximum atomic E-state index is 12.7. The van der Waals surface area contributed by atoms with Gasteiger partial charge in [-0.15, -0.1) is 0 Å². The second-order valence-electron chi connectivity index (χ2n) is 8.60. The lowest BCUT2D eigenvalue weighted by Crippen LogP contribution is -2.40. The van der Waals surface area contributed by atoms with Gasteiger partial charge >= 0.3 is 0 Å². The van der Waals surface area contributed by atoms with Crippen molar-refractivity contribution in [1.29, 1.82) is 0 Å². The molecule has 27 heavy (non-hydrogen) atoms. The molecule has 1 amide bonds. The number of amides is 1. The van der Waals surface area contributed by atoms with Gasteiger partial charge in [-0.1, -0.05) is 13.0 Å². The summed E-state index contributed by atoms with van der Waals surface area (Å²) >= 11 is 0. The lowest BCUT2D eigenvalue weighted by molar-refractivity contribution is -0.117. The predicted octanol–water partition coefficient (Wildman–Crippen LogP) is 3.04. The van der Waals surface area contributed by atoms with Crippen molar-refractivity contribution in [3.05, 3.63) is 23.8 Å². The first-order valence-electron chi connectivity index (χ1n) is 9.64. The number of carbonyl (C=O) groups is 1. The van der Waals surface area contributed by atoms with Crippen molar-refractivity contribution in [2.45, 2.75) is 64.3 Å². The van der Waals surface area contributed by atoms with Crippen LogP contribution in [0.25, 0.3) is 0 Å². The summed E-state index contributed by atoms with van der Waals surface area (Å²) < 4.78 is 28.0. The van der Waals surface area contributed by atoms with Gasteiger partial charge in [0.05, 0.1) is 4.90 Å². The zero-order valence-electron chi connectivity index (χ0n) is 17.1. The standard InChI is InChI=1S/C20H33N3O3S/c1-14(16-9-11-21-12-10-16)13-19(24)22-17-7-6-8-18(15(17)2)27(25,26)23-20(3,4)5/h6-8,14,16,21,23H,9-13H2,1-5H3,(H,22,24). The molecular weight excluding hydrogens is 362 g/mol. The zero-order chi connectivity index (χ0) is 20.2.